The second kappa shape index (κ2) is 8.33. The minimum atomic E-state index is -0.341. The number of ether oxygens (including phenoxy) is 1. The molecule has 1 aromatic rings. The Morgan fingerprint density at radius 3 is 2.72 bits per heavy atom. The van der Waals surface area contributed by atoms with Gasteiger partial charge in [0.05, 0.1) is 11.6 Å². The third kappa shape index (κ3) is 6.22. The first-order valence-corrected chi connectivity index (χ1v) is 6.78. The lowest BCUT2D eigenvalue weighted by Crippen LogP contribution is -2.23. The van der Waals surface area contributed by atoms with Crippen LogP contribution in [0, 0.1) is 5.82 Å². The number of rotatable bonds is 8. The normalized spacial score (nSPS) is 10.9. The van der Waals surface area contributed by atoms with E-state index in [1.807, 2.05) is 0 Å². The zero-order valence-corrected chi connectivity index (χ0v) is 11.8. The Labute approximate surface area is 113 Å². The summed E-state index contributed by atoms with van der Waals surface area (Å²) in [7, 11) is 0. The fourth-order valence-electron chi connectivity index (χ4n) is 1.57. The molecule has 18 heavy (non-hydrogen) atoms. The van der Waals surface area contributed by atoms with Crippen LogP contribution in [0.15, 0.2) is 18.2 Å². The number of halogens is 2. The molecule has 0 saturated carbocycles. The van der Waals surface area contributed by atoms with E-state index in [0.717, 1.165) is 25.8 Å². The summed E-state index contributed by atoms with van der Waals surface area (Å²) in [6, 6.07) is 4.73. The van der Waals surface area contributed by atoms with Crippen molar-refractivity contribution < 1.29 is 9.13 Å². The van der Waals surface area contributed by atoms with E-state index in [-0.39, 0.29) is 5.82 Å². The SMILES string of the molecule is CC(C)NCCCCCOc1ccc(F)cc1Cl. The van der Waals surface area contributed by atoms with Crippen molar-refractivity contribution >= 4 is 11.6 Å². The summed E-state index contributed by atoms with van der Waals surface area (Å²) in [5, 5.41) is 3.70. The largest absolute Gasteiger partial charge is 0.492 e. The van der Waals surface area contributed by atoms with Gasteiger partial charge in [-0.1, -0.05) is 25.4 Å². The van der Waals surface area contributed by atoms with Crippen molar-refractivity contribution in [3.05, 3.63) is 29.0 Å². The zero-order valence-electron chi connectivity index (χ0n) is 11.0. The Morgan fingerprint density at radius 1 is 1.28 bits per heavy atom. The molecule has 0 amide bonds. The molecule has 0 heterocycles. The van der Waals surface area contributed by atoms with Crippen molar-refractivity contribution in [3.63, 3.8) is 0 Å². The standard InChI is InChI=1S/C14H21ClFNO/c1-11(2)17-8-4-3-5-9-18-14-7-6-12(16)10-13(14)15/h6-7,10-11,17H,3-5,8-9H2,1-2H3. The zero-order chi connectivity index (χ0) is 13.4. The second-order valence-electron chi connectivity index (χ2n) is 4.59. The van der Waals surface area contributed by atoms with Crippen LogP contribution in [0.5, 0.6) is 5.75 Å². The van der Waals surface area contributed by atoms with E-state index in [1.165, 1.54) is 12.1 Å². The van der Waals surface area contributed by atoms with E-state index in [4.69, 9.17) is 16.3 Å². The van der Waals surface area contributed by atoms with Crippen molar-refractivity contribution in [2.75, 3.05) is 13.2 Å². The summed E-state index contributed by atoms with van der Waals surface area (Å²) < 4.78 is 18.3. The molecule has 0 radical (unpaired) electrons. The Balaban J connectivity index is 2.11. The molecular formula is C14H21ClFNO. The van der Waals surface area contributed by atoms with Crippen LogP contribution in [0.1, 0.15) is 33.1 Å². The smallest absolute Gasteiger partial charge is 0.138 e. The van der Waals surface area contributed by atoms with E-state index in [1.54, 1.807) is 6.07 Å². The summed E-state index contributed by atoms with van der Waals surface area (Å²) >= 11 is 5.85. The van der Waals surface area contributed by atoms with Gasteiger partial charge in [0.15, 0.2) is 0 Å². The lowest BCUT2D eigenvalue weighted by Gasteiger charge is -2.09. The van der Waals surface area contributed by atoms with E-state index in [9.17, 15) is 4.39 Å². The minimum absolute atomic E-state index is 0.330. The van der Waals surface area contributed by atoms with Gasteiger partial charge in [0.25, 0.3) is 0 Å². The summed E-state index contributed by atoms with van der Waals surface area (Å²) in [6.07, 6.45) is 3.23. The first kappa shape index (κ1) is 15.3. The summed E-state index contributed by atoms with van der Waals surface area (Å²) in [6.45, 7) is 5.93. The summed E-state index contributed by atoms with van der Waals surface area (Å²) in [5.74, 6) is 0.213. The van der Waals surface area contributed by atoms with Gasteiger partial charge in [-0.25, -0.2) is 4.39 Å². The van der Waals surface area contributed by atoms with Gasteiger partial charge >= 0.3 is 0 Å². The quantitative estimate of drug-likeness (QED) is 0.722. The van der Waals surface area contributed by atoms with Gasteiger partial charge in [-0.3, -0.25) is 0 Å². The predicted octanol–water partition coefficient (Wildman–Crippen LogP) is 4.03. The number of nitrogens with one attached hydrogen (secondary N) is 1. The Kier molecular flexibility index (Phi) is 7.06. The third-order valence-electron chi connectivity index (χ3n) is 2.53. The molecule has 0 saturated heterocycles. The van der Waals surface area contributed by atoms with Crippen LogP contribution in [-0.2, 0) is 0 Å². The summed E-state index contributed by atoms with van der Waals surface area (Å²) in [5.41, 5.74) is 0. The van der Waals surface area contributed by atoms with Gasteiger partial charge in [0.1, 0.15) is 11.6 Å². The van der Waals surface area contributed by atoms with Crippen LogP contribution in [0.2, 0.25) is 5.02 Å². The van der Waals surface area contributed by atoms with Crippen LogP contribution in [0.25, 0.3) is 0 Å². The predicted molar refractivity (Wildman–Crippen MR) is 73.9 cm³/mol. The van der Waals surface area contributed by atoms with Crippen molar-refractivity contribution in [1.29, 1.82) is 0 Å². The van der Waals surface area contributed by atoms with E-state index in [2.05, 4.69) is 19.2 Å². The van der Waals surface area contributed by atoms with Crippen molar-refractivity contribution in [2.24, 2.45) is 0 Å². The lowest BCUT2D eigenvalue weighted by atomic mass is 10.2. The maximum Gasteiger partial charge on any atom is 0.138 e. The second-order valence-corrected chi connectivity index (χ2v) is 5.00. The molecule has 0 aliphatic rings. The van der Waals surface area contributed by atoms with Crippen molar-refractivity contribution in [2.45, 2.75) is 39.2 Å². The molecule has 0 fully saturated rings. The highest BCUT2D eigenvalue weighted by atomic mass is 35.5. The van der Waals surface area contributed by atoms with Gasteiger partial charge in [0.2, 0.25) is 0 Å². The molecule has 0 aliphatic carbocycles. The van der Waals surface area contributed by atoms with Gasteiger partial charge in [-0.05, 0) is 44.0 Å². The molecule has 1 rings (SSSR count). The minimum Gasteiger partial charge on any atom is -0.492 e. The molecule has 4 heteroatoms. The molecule has 0 aromatic heterocycles. The molecule has 1 N–H and O–H groups in total. The first-order chi connectivity index (χ1) is 8.59. The van der Waals surface area contributed by atoms with Crippen LogP contribution >= 0.6 is 11.6 Å². The molecule has 2 nitrogen and oxygen atoms in total. The molecule has 0 unspecified atom stereocenters. The van der Waals surface area contributed by atoms with E-state index >= 15 is 0 Å². The molecule has 0 bridgehead atoms. The van der Waals surface area contributed by atoms with Gasteiger partial charge in [-0.15, -0.1) is 0 Å². The Bertz CT molecular complexity index is 358. The monoisotopic (exact) mass is 273 g/mol. The highest BCUT2D eigenvalue weighted by Gasteiger charge is 2.02. The summed E-state index contributed by atoms with van der Waals surface area (Å²) in [4.78, 5) is 0. The highest BCUT2D eigenvalue weighted by Crippen LogP contribution is 2.24. The van der Waals surface area contributed by atoms with Crippen LogP contribution in [0.3, 0.4) is 0 Å². The average Bonchev–Trinajstić information content (AvgIpc) is 2.30. The Morgan fingerprint density at radius 2 is 2.06 bits per heavy atom. The fraction of sp³-hybridized carbons (Fsp3) is 0.571. The van der Waals surface area contributed by atoms with Crippen LogP contribution < -0.4 is 10.1 Å². The number of unbranched alkanes of at least 4 members (excludes halogenated alkanes) is 2. The topological polar surface area (TPSA) is 21.3 Å². The first-order valence-electron chi connectivity index (χ1n) is 6.41. The maximum absolute atomic E-state index is 12.8. The van der Waals surface area contributed by atoms with Crippen molar-refractivity contribution in [1.82, 2.24) is 5.32 Å². The molecular weight excluding hydrogens is 253 g/mol. The number of hydrogen-bond donors (Lipinski definition) is 1. The number of benzene rings is 1. The molecule has 102 valence electrons. The van der Waals surface area contributed by atoms with Gasteiger partial charge < -0.3 is 10.1 Å². The van der Waals surface area contributed by atoms with E-state index in [0.29, 0.717) is 23.4 Å². The fourth-order valence-corrected chi connectivity index (χ4v) is 1.79. The van der Waals surface area contributed by atoms with Crippen molar-refractivity contribution in [3.8, 4) is 5.75 Å². The average molecular weight is 274 g/mol. The maximum atomic E-state index is 12.8. The van der Waals surface area contributed by atoms with Gasteiger partial charge in [-0.2, -0.15) is 0 Å². The van der Waals surface area contributed by atoms with E-state index < -0.39 is 0 Å². The molecule has 0 atom stereocenters. The van der Waals surface area contributed by atoms with Crippen LogP contribution in [-0.4, -0.2) is 19.2 Å². The molecule has 0 aliphatic heterocycles. The molecule has 1 aromatic carbocycles. The molecule has 0 spiro atoms. The van der Waals surface area contributed by atoms with Gasteiger partial charge in [0, 0.05) is 6.04 Å². The third-order valence-corrected chi connectivity index (χ3v) is 2.82. The number of hydrogen-bond acceptors (Lipinski definition) is 2. The Hall–Kier alpha value is -0.800. The van der Waals surface area contributed by atoms with Crippen LogP contribution in [0.4, 0.5) is 4.39 Å². The lowest BCUT2D eigenvalue weighted by molar-refractivity contribution is 0.304. The highest BCUT2D eigenvalue weighted by molar-refractivity contribution is 6.32.